The van der Waals surface area contributed by atoms with Gasteiger partial charge in [-0.25, -0.2) is 0 Å². The number of carbonyl (C=O) groups is 2. The van der Waals surface area contributed by atoms with E-state index in [2.05, 4.69) is 10.2 Å². The smallest absolute Gasteiger partial charge is 0.317 e. The zero-order valence-corrected chi connectivity index (χ0v) is 14.8. The van der Waals surface area contributed by atoms with Gasteiger partial charge < -0.3 is 10.4 Å². The van der Waals surface area contributed by atoms with Crippen molar-refractivity contribution in [3.05, 3.63) is 35.2 Å². The number of hydrogen-bond donors (Lipinski definition) is 2. The average Bonchev–Trinajstić information content (AvgIpc) is 3.24. The fourth-order valence-electron chi connectivity index (χ4n) is 3.57. The highest BCUT2D eigenvalue weighted by Gasteiger charge is 2.37. The number of aliphatic carboxylic acids is 1. The third-order valence-corrected chi connectivity index (χ3v) is 6.18. The lowest BCUT2D eigenvalue weighted by atomic mass is 9.85. The van der Waals surface area contributed by atoms with Crippen molar-refractivity contribution in [2.75, 3.05) is 13.1 Å². The number of rotatable bonds is 7. The van der Waals surface area contributed by atoms with Crippen LogP contribution in [0.5, 0.6) is 0 Å². The van der Waals surface area contributed by atoms with Gasteiger partial charge in [-0.05, 0) is 37.7 Å². The third kappa shape index (κ3) is 3.70. The highest BCUT2D eigenvalue weighted by Crippen LogP contribution is 2.34. The van der Waals surface area contributed by atoms with Gasteiger partial charge >= 0.3 is 5.97 Å². The van der Waals surface area contributed by atoms with Crippen LogP contribution in [0.3, 0.4) is 0 Å². The molecule has 2 aliphatic carbocycles. The Kier molecular flexibility index (Phi) is 4.48. The van der Waals surface area contributed by atoms with E-state index in [1.165, 1.54) is 12.8 Å². The molecule has 2 saturated carbocycles. The van der Waals surface area contributed by atoms with Crippen molar-refractivity contribution in [3.63, 3.8) is 0 Å². The van der Waals surface area contributed by atoms with Crippen molar-refractivity contribution in [2.45, 2.75) is 37.8 Å². The summed E-state index contributed by atoms with van der Waals surface area (Å²) in [6.45, 7) is 0.990. The largest absolute Gasteiger partial charge is 0.480 e. The second kappa shape index (κ2) is 6.77. The van der Waals surface area contributed by atoms with Crippen molar-refractivity contribution in [1.82, 2.24) is 10.2 Å². The summed E-state index contributed by atoms with van der Waals surface area (Å²) in [5, 5.41) is 15.1. The Balaban J connectivity index is 1.34. The van der Waals surface area contributed by atoms with Gasteiger partial charge in [0.1, 0.15) is 0 Å². The number of benzene rings is 1. The zero-order valence-electron chi connectivity index (χ0n) is 14.0. The standard InChI is InChI=1S/C19H22N2O3S/c22-18(23)10-21(9-12-5-6-12)14-7-13(8-14)20-19(24)16-11-25-17-4-2-1-3-15(16)17/h1-4,11-14H,5-10H2,(H,20,24)(H,22,23). The van der Waals surface area contributed by atoms with E-state index in [4.69, 9.17) is 5.11 Å². The summed E-state index contributed by atoms with van der Waals surface area (Å²) in [5.41, 5.74) is 0.740. The van der Waals surface area contributed by atoms with E-state index < -0.39 is 5.97 Å². The molecule has 1 aromatic heterocycles. The van der Waals surface area contributed by atoms with Gasteiger partial charge in [0.05, 0.1) is 12.1 Å². The Bertz CT molecular complexity index is 793. The Morgan fingerprint density at radius 2 is 2.00 bits per heavy atom. The number of fused-ring (bicyclic) bond motifs is 1. The minimum Gasteiger partial charge on any atom is -0.480 e. The molecule has 132 valence electrons. The monoisotopic (exact) mass is 358 g/mol. The molecule has 2 fully saturated rings. The number of carboxylic acids is 1. The fourth-order valence-corrected chi connectivity index (χ4v) is 4.51. The molecule has 1 heterocycles. The maximum Gasteiger partial charge on any atom is 0.317 e. The van der Waals surface area contributed by atoms with E-state index in [-0.39, 0.29) is 24.5 Å². The van der Waals surface area contributed by atoms with Crippen LogP contribution in [0.2, 0.25) is 0 Å². The third-order valence-electron chi connectivity index (χ3n) is 5.22. The molecule has 2 aliphatic rings. The van der Waals surface area contributed by atoms with Gasteiger partial charge in [0.25, 0.3) is 5.91 Å². The SMILES string of the molecule is O=C(O)CN(CC1CC1)C1CC(NC(=O)c2csc3ccccc23)C1. The lowest BCUT2D eigenvalue weighted by molar-refractivity contribution is -0.139. The number of amides is 1. The van der Waals surface area contributed by atoms with E-state index in [9.17, 15) is 9.59 Å². The quantitative estimate of drug-likeness (QED) is 0.798. The molecular formula is C19H22N2O3S. The summed E-state index contributed by atoms with van der Waals surface area (Å²) in [5.74, 6) is -0.115. The van der Waals surface area contributed by atoms with Crippen molar-refractivity contribution in [3.8, 4) is 0 Å². The van der Waals surface area contributed by atoms with Gasteiger partial charge in [-0.2, -0.15) is 0 Å². The first-order valence-electron chi connectivity index (χ1n) is 8.83. The molecule has 0 saturated heterocycles. The van der Waals surface area contributed by atoms with Gasteiger partial charge in [0.2, 0.25) is 0 Å². The molecule has 25 heavy (non-hydrogen) atoms. The molecule has 0 bridgehead atoms. The Hall–Kier alpha value is -1.92. The molecule has 0 spiro atoms. The van der Waals surface area contributed by atoms with Gasteiger partial charge in [-0.1, -0.05) is 18.2 Å². The van der Waals surface area contributed by atoms with E-state index in [0.29, 0.717) is 5.92 Å². The van der Waals surface area contributed by atoms with Crippen molar-refractivity contribution < 1.29 is 14.7 Å². The zero-order chi connectivity index (χ0) is 17.4. The fraction of sp³-hybridized carbons (Fsp3) is 0.474. The van der Waals surface area contributed by atoms with Gasteiger partial charge in [-0.3, -0.25) is 14.5 Å². The van der Waals surface area contributed by atoms with Crippen LogP contribution in [-0.4, -0.2) is 47.1 Å². The molecule has 2 N–H and O–H groups in total. The maximum atomic E-state index is 12.6. The van der Waals surface area contributed by atoms with E-state index in [1.807, 2.05) is 29.6 Å². The average molecular weight is 358 g/mol. The summed E-state index contributed by atoms with van der Waals surface area (Å²) in [4.78, 5) is 25.7. The minimum atomic E-state index is -0.766. The summed E-state index contributed by atoms with van der Waals surface area (Å²) in [7, 11) is 0. The molecule has 4 rings (SSSR count). The molecule has 1 amide bonds. The van der Waals surface area contributed by atoms with Crippen LogP contribution in [-0.2, 0) is 4.79 Å². The van der Waals surface area contributed by atoms with Crippen LogP contribution in [0.15, 0.2) is 29.6 Å². The van der Waals surface area contributed by atoms with Crippen molar-refractivity contribution >= 4 is 33.3 Å². The number of nitrogens with one attached hydrogen (secondary N) is 1. The normalized spacial score (nSPS) is 22.8. The first-order valence-corrected chi connectivity index (χ1v) is 9.71. The first kappa shape index (κ1) is 16.5. The maximum absolute atomic E-state index is 12.6. The van der Waals surface area contributed by atoms with Crippen LogP contribution < -0.4 is 5.32 Å². The van der Waals surface area contributed by atoms with Crippen molar-refractivity contribution in [1.29, 1.82) is 0 Å². The molecule has 0 aliphatic heterocycles. The molecule has 2 aromatic rings. The van der Waals surface area contributed by atoms with E-state index in [1.54, 1.807) is 11.3 Å². The number of hydrogen-bond acceptors (Lipinski definition) is 4. The minimum absolute atomic E-state index is 0.0205. The van der Waals surface area contributed by atoms with Crippen molar-refractivity contribution in [2.24, 2.45) is 5.92 Å². The summed E-state index contributed by atoms with van der Waals surface area (Å²) in [6, 6.07) is 8.36. The van der Waals surface area contributed by atoms with Crippen LogP contribution in [0.1, 0.15) is 36.0 Å². The van der Waals surface area contributed by atoms with Gasteiger partial charge in [-0.15, -0.1) is 11.3 Å². The topological polar surface area (TPSA) is 69.6 Å². The molecule has 6 heteroatoms. The van der Waals surface area contributed by atoms with Gasteiger partial charge in [0, 0.05) is 34.1 Å². The molecule has 0 unspecified atom stereocenters. The van der Waals surface area contributed by atoms with Crippen LogP contribution >= 0.6 is 11.3 Å². The van der Waals surface area contributed by atoms with Gasteiger partial charge in [0.15, 0.2) is 0 Å². The number of nitrogens with zero attached hydrogens (tertiary/aromatic N) is 1. The van der Waals surface area contributed by atoms with Crippen LogP contribution in [0.25, 0.3) is 10.1 Å². The summed E-state index contributed by atoms with van der Waals surface area (Å²) < 4.78 is 1.12. The lowest BCUT2D eigenvalue weighted by Crippen LogP contribution is -2.55. The number of carbonyl (C=O) groups excluding carboxylic acids is 1. The molecule has 1 aromatic carbocycles. The van der Waals surface area contributed by atoms with E-state index >= 15 is 0 Å². The first-order chi connectivity index (χ1) is 12.1. The predicted octanol–water partition coefficient (Wildman–Crippen LogP) is 2.96. The second-order valence-electron chi connectivity index (χ2n) is 7.21. The van der Waals surface area contributed by atoms with Crippen LogP contribution in [0.4, 0.5) is 0 Å². The molecule has 0 atom stereocenters. The lowest BCUT2D eigenvalue weighted by Gasteiger charge is -2.42. The Morgan fingerprint density at radius 1 is 1.24 bits per heavy atom. The Labute approximate surface area is 150 Å². The second-order valence-corrected chi connectivity index (χ2v) is 8.12. The highest BCUT2D eigenvalue weighted by molar-refractivity contribution is 7.17. The summed E-state index contributed by atoms with van der Waals surface area (Å²) in [6.07, 6.45) is 4.12. The molecular weight excluding hydrogens is 336 g/mol. The summed E-state index contributed by atoms with van der Waals surface area (Å²) >= 11 is 1.59. The Morgan fingerprint density at radius 3 is 2.72 bits per heavy atom. The number of carboxylic acid groups (broad SMARTS) is 1. The molecule has 5 nitrogen and oxygen atoms in total. The molecule has 0 radical (unpaired) electrons. The highest BCUT2D eigenvalue weighted by atomic mass is 32.1. The predicted molar refractivity (Wildman–Crippen MR) is 98.0 cm³/mol. The van der Waals surface area contributed by atoms with E-state index in [0.717, 1.165) is 35.0 Å². The van der Waals surface area contributed by atoms with Crippen LogP contribution in [0, 0.1) is 5.92 Å². The number of thiophene rings is 1.